The van der Waals surface area contributed by atoms with Gasteiger partial charge in [-0.3, -0.25) is 0 Å². The quantitative estimate of drug-likeness (QED) is 0.645. The fourth-order valence-electron chi connectivity index (χ4n) is 3.82. The van der Waals surface area contributed by atoms with Gasteiger partial charge >= 0.3 is 0 Å². The van der Waals surface area contributed by atoms with E-state index in [0.29, 0.717) is 12.0 Å². The Morgan fingerprint density at radius 2 is 2.17 bits per heavy atom. The first kappa shape index (κ1) is 15.4. The maximum absolute atomic E-state index is 6.42. The average molecular weight is 327 g/mol. The molecule has 2 aromatic rings. The summed E-state index contributed by atoms with van der Waals surface area (Å²) in [6.45, 7) is 2.61. The number of nitrogens with two attached hydrogens (primary N) is 1. The molecule has 3 N–H and O–H groups in total. The molecule has 1 saturated carbocycles. The summed E-state index contributed by atoms with van der Waals surface area (Å²) < 4.78 is 2.17. The molecule has 0 amide bonds. The number of nitrogens with zero attached hydrogens (tertiary/aromatic N) is 5. The molecule has 0 radical (unpaired) electrons. The van der Waals surface area contributed by atoms with Gasteiger partial charge in [0.05, 0.1) is 6.04 Å². The molecule has 24 heavy (non-hydrogen) atoms. The highest BCUT2D eigenvalue weighted by Gasteiger charge is 2.27. The number of guanidine groups is 1. The molecule has 0 aromatic carbocycles. The van der Waals surface area contributed by atoms with Crippen molar-refractivity contribution in [1.29, 1.82) is 0 Å². The predicted octanol–water partition coefficient (Wildman–Crippen LogP) is 1.48. The van der Waals surface area contributed by atoms with Gasteiger partial charge in [0, 0.05) is 37.4 Å². The van der Waals surface area contributed by atoms with Crippen molar-refractivity contribution < 1.29 is 0 Å². The number of rotatable bonds is 2. The van der Waals surface area contributed by atoms with Gasteiger partial charge in [-0.1, -0.05) is 19.3 Å². The molecule has 1 atom stereocenters. The minimum absolute atomic E-state index is 0.0958. The van der Waals surface area contributed by atoms with Crippen LogP contribution in [0.2, 0.25) is 0 Å². The third-order valence-corrected chi connectivity index (χ3v) is 5.10. The third-order valence-electron chi connectivity index (χ3n) is 5.10. The fraction of sp³-hybridized carbons (Fsp3) is 0.588. The van der Waals surface area contributed by atoms with Crippen LogP contribution in [0.4, 0.5) is 0 Å². The van der Waals surface area contributed by atoms with Crippen LogP contribution in [0.5, 0.6) is 0 Å². The normalized spacial score (nSPS) is 23.8. The SMILES string of the molecule is NC(=NC1CCCCC1)N1CCNCC1n1ccc2cncnc21. The van der Waals surface area contributed by atoms with E-state index in [9.17, 15) is 0 Å². The molecule has 3 heterocycles. The van der Waals surface area contributed by atoms with Gasteiger partial charge in [-0.05, 0) is 18.9 Å². The molecule has 128 valence electrons. The number of aromatic nitrogens is 3. The average Bonchev–Trinajstić information content (AvgIpc) is 3.06. The molecular weight excluding hydrogens is 302 g/mol. The van der Waals surface area contributed by atoms with E-state index >= 15 is 0 Å². The highest BCUT2D eigenvalue weighted by atomic mass is 15.4. The van der Waals surface area contributed by atoms with E-state index in [0.717, 1.165) is 43.5 Å². The minimum atomic E-state index is 0.0958. The van der Waals surface area contributed by atoms with Gasteiger partial charge in [-0.2, -0.15) is 0 Å². The lowest BCUT2D eigenvalue weighted by atomic mass is 9.96. The van der Waals surface area contributed by atoms with Crippen molar-refractivity contribution in [2.75, 3.05) is 19.6 Å². The first-order valence-corrected chi connectivity index (χ1v) is 8.90. The summed E-state index contributed by atoms with van der Waals surface area (Å²) in [7, 11) is 0. The van der Waals surface area contributed by atoms with E-state index in [2.05, 4.69) is 37.0 Å². The first-order valence-electron chi connectivity index (χ1n) is 8.90. The lowest BCUT2D eigenvalue weighted by Gasteiger charge is -2.38. The molecule has 1 unspecified atom stereocenters. The number of hydrogen-bond donors (Lipinski definition) is 2. The van der Waals surface area contributed by atoms with E-state index in [1.807, 2.05) is 6.20 Å². The maximum Gasteiger partial charge on any atom is 0.193 e. The summed E-state index contributed by atoms with van der Waals surface area (Å²) in [4.78, 5) is 15.6. The molecule has 1 aliphatic heterocycles. The maximum atomic E-state index is 6.42. The van der Waals surface area contributed by atoms with E-state index in [-0.39, 0.29) is 6.17 Å². The molecule has 1 saturated heterocycles. The molecule has 2 fully saturated rings. The highest BCUT2D eigenvalue weighted by Crippen LogP contribution is 2.24. The molecule has 0 spiro atoms. The molecule has 1 aliphatic carbocycles. The lowest BCUT2D eigenvalue weighted by Crippen LogP contribution is -2.53. The van der Waals surface area contributed by atoms with Crippen LogP contribution in [-0.4, -0.2) is 51.1 Å². The Labute approximate surface area is 142 Å². The Morgan fingerprint density at radius 3 is 3.04 bits per heavy atom. The van der Waals surface area contributed by atoms with Crippen LogP contribution < -0.4 is 11.1 Å². The number of aliphatic imine (C=N–C) groups is 1. The van der Waals surface area contributed by atoms with Crippen LogP contribution >= 0.6 is 0 Å². The Balaban J connectivity index is 1.62. The standard InChI is InChI=1S/C17H25N7/c18-17(22-14-4-2-1-3-5-14)24-9-7-19-11-15(24)23-8-6-13-10-20-12-21-16(13)23/h6,8,10,12,14-15,19H,1-5,7,9,11H2,(H2,18,22). The number of fused-ring (bicyclic) bond motifs is 1. The van der Waals surface area contributed by atoms with Crippen LogP contribution in [0.15, 0.2) is 29.8 Å². The van der Waals surface area contributed by atoms with Crippen LogP contribution in [0, 0.1) is 0 Å². The molecule has 4 rings (SSSR count). The van der Waals surface area contributed by atoms with Gasteiger partial charge in [-0.15, -0.1) is 0 Å². The Bertz CT molecular complexity index is 717. The number of nitrogens with one attached hydrogen (secondary N) is 1. The van der Waals surface area contributed by atoms with Crippen molar-refractivity contribution in [2.24, 2.45) is 10.7 Å². The van der Waals surface area contributed by atoms with E-state index in [4.69, 9.17) is 10.7 Å². The van der Waals surface area contributed by atoms with Crippen molar-refractivity contribution in [3.05, 3.63) is 24.8 Å². The molecule has 2 aliphatic rings. The predicted molar refractivity (Wildman–Crippen MR) is 94.6 cm³/mol. The van der Waals surface area contributed by atoms with E-state index in [1.54, 1.807) is 6.33 Å². The number of hydrogen-bond acceptors (Lipinski definition) is 4. The zero-order valence-electron chi connectivity index (χ0n) is 13.9. The van der Waals surface area contributed by atoms with Crippen molar-refractivity contribution in [3.8, 4) is 0 Å². The van der Waals surface area contributed by atoms with Crippen molar-refractivity contribution >= 4 is 17.0 Å². The first-order chi connectivity index (χ1) is 11.8. The van der Waals surface area contributed by atoms with Gasteiger partial charge in [-0.25, -0.2) is 15.0 Å². The zero-order valence-corrected chi connectivity index (χ0v) is 13.9. The van der Waals surface area contributed by atoms with Gasteiger partial charge in [0.1, 0.15) is 18.1 Å². The summed E-state index contributed by atoms with van der Waals surface area (Å²) in [5.74, 6) is 0.671. The van der Waals surface area contributed by atoms with Crippen LogP contribution in [0.1, 0.15) is 38.3 Å². The second-order valence-electron chi connectivity index (χ2n) is 6.68. The van der Waals surface area contributed by atoms with Gasteiger partial charge in [0.25, 0.3) is 0 Å². The summed E-state index contributed by atoms with van der Waals surface area (Å²) in [5.41, 5.74) is 7.36. The van der Waals surface area contributed by atoms with Crippen LogP contribution in [0.25, 0.3) is 11.0 Å². The van der Waals surface area contributed by atoms with Gasteiger partial charge in [0.15, 0.2) is 5.96 Å². The Morgan fingerprint density at radius 1 is 1.29 bits per heavy atom. The van der Waals surface area contributed by atoms with Crippen LogP contribution in [-0.2, 0) is 0 Å². The fourth-order valence-corrected chi connectivity index (χ4v) is 3.82. The summed E-state index contributed by atoms with van der Waals surface area (Å²) in [6, 6.07) is 2.44. The summed E-state index contributed by atoms with van der Waals surface area (Å²) >= 11 is 0. The Hall–Kier alpha value is -2.15. The summed E-state index contributed by atoms with van der Waals surface area (Å²) in [6.07, 6.45) is 11.8. The molecule has 0 bridgehead atoms. The van der Waals surface area contributed by atoms with Crippen molar-refractivity contribution in [3.63, 3.8) is 0 Å². The van der Waals surface area contributed by atoms with Crippen molar-refractivity contribution in [2.45, 2.75) is 44.3 Å². The van der Waals surface area contributed by atoms with E-state index < -0.39 is 0 Å². The topological polar surface area (TPSA) is 84.4 Å². The van der Waals surface area contributed by atoms with Gasteiger partial charge in [0.2, 0.25) is 0 Å². The smallest absolute Gasteiger partial charge is 0.193 e. The minimum Gasteiger partial charge on any atom is -0.370 e. The zero-order chi connectivity index (χ0) is 16.4. The second kappa shape index (κ2) is 6.76. The monoisotopic (exact) mass is 327 g/mol. The lowest BCUT2D eigenvalue weighted by molar-refractivity contribution is 0.193. The van der Waals surface area contributed by atoms with Gasteiger partial charge < -0.3 is 20.5 Å². The number of piperazine rings is 1. The second-order valence-corrected chi connectivity index (χ2v) is 6.68. The molecular formula is C17H25N7. The summed E-state index contributed by atoms with van der Waals surface area (Å²) in [5, 5.41) is 4.51. The largest absolute Gasteiger partial charge is 0.370 e. The molecule has 2 aromatic heterocycles. The molecule has 7 nitrogen and oxygen atoms in total. The van der Waals surface area contributed by atoms with Crippen molar-refractivity contribution in [1.82, 2.24) is 24.8 Å². The highest BCUT2D eigenvalue weighted by molar-refractivity contribution is 5.79. The Kier molecular flexibility index (Phi) is 4.34. The molecule has 7 heteroatoms. The van der Waals surface area contributed by atoms with Crippen LogP contribution in [0.3, 0.4) is 0 Å². The van der Waals surface area contributed by atoms with E-state index in [1.165, 1.54) is 19.3 Å². The third kappa shape index (κ3) is 2.96.